The number of nitrogens with one attached hydrogen (secondary N) is 2. The number of halogens is 1. The maximum atomic E-state index is 5.68. The smallest absolute Gasteiger partial charge is 0.191 e. The Kier molecular flexibility index (Phi) is 11.7. The lowest BCUT2D eigenvalue weighted by atomic mass is 10.2. The fourth-order valence-corrected chi connectivity index (χ4v) is 3.51. The number of guanidine groups is 1. The Bertz CT molecular complexity index is 626. The molecule has 0 spiro atoms. The molecule has 2 aliphatic heterocycles. The van der Waals surface area contributed by atoms with Crippen molar-refractivity contribution in [3.05, 3.63) is 23.9 Å². The Morgan fingerprint density at radius 3 is 2.90 bits per heavy atom. The van der Waals surface area contributed by atoms with Gasteiger partial charge in [-0.25, -0.2) is 4.98 Å². The van der Waals surface area contributed by atoms with Gasteiger partial charge in [-0.2, -0.15) is 0 Å². The van der Waals surface area contributed by atoms with Crippen LogP contribution < -0.4 is 15.5 Å². The summed E-state index contributed by atoms with van der Waals surface area (Å²) in [4.78, 5) is 11.2. The number of hydrogen-bond donors (Lipinski definition) is 2. The number of rotatable bonds is 9. The molecule has 2 saturated heterocycles. The van der Waals surface area contributed by atoms with Gasteiger partial charge in [0.05, 0.1) is 25.4 Å². The van der Waals surface area contributed by atoms with Gasteiger partial charge in [0.1, 0.15) is 5.82 Å². The lowest BCUT2D eigenvalue weighted by Crippen LogP contribution is -2.41. The van der Waals surface area contributed by atoms with Crippen LogP contribution >= 0.6 is 24.0 Å². The second-order valence-corrected chi connectivity index (χ2v) is 7.57. The van der Waals surface area contributed by atoms with Gasteiger partial charge in [-0.05, 0) is 37.8 Å². The predicted octanol–water partition coefficient (Wildman–Crippen LogP) is 2.18. The lowest BCUT2D eigenvalue weighted by Gasteiger charge is -2.32. The van der Waals surface area contributed by atoms with Crippen molar-refractivity contribution in [2.24, 2.45) is 4.99 Å². The van der Waals surface area contributed by atoms with Gasteiger partial charge in [0, 0.05) is 52.6 Å². The van der Waals surface area contributed by atoms with Crippen LogP contribution in [-0.2, 0) is 20.8 Å². The normalized spacial score (nSPS) is 21.9. The number of morpholine rings is 1. The summed E-state index contributed by atoms with van der Waals surface area (Å²) in [7, 11) is 1.78. The summed E-state index contributed by atoms with van der Waals surface area (Å²) >= 11 is 0. The van der Waals surface area contributed by atoms with Gasteiger partial charge >= 0.3 is 0 Å². The maximum absolute atomic E-state index is 5.68. The molecule has 2 atom stereocenters. The number of nitrogens with zero attached hydrogens (tertiary/aromatic N) is 3. The first kappa shape index (κ1) is 25.1. The third kappa shape index (κ3) is 8.52. The summed E-state index contributed by atoms with van der Waals surface area (Å²) in [6.45, 7) is 8.45. The monoisotopic (exact) mass is 533 g/mol. The van der Waals surface area contributed by atoms with E-state index in [0.717, 1.165) is 76.1 Å². The zero-order valence-corrected chi connectivity index (χ0v) is 20.5. The molecular formula is C21H36IN5O3. The third-order valence-electron chi connectivity index (χ3n) is 5.14. The summed E-state index contributed by atoms with van der Waals surface area (Å²) in [6.07, 6.45) is 5.68. The van der Waals surface area contributed by atoms with Crippen molar-refractivity contribution in [3.63, 3.8) is 0 Å². The van der Waals surface area contributed by atoms with E-state index >= 15 is 0 Å². The van der Waals surface area contributed by atoms with Crippen molar-refractivity contribution in [1.29, 1.82) is 0 Å². The van der Waals surface area contributed by atoms with Crippen LogP contribution in [0.3, 0.4) is 0 Å². The number of anilines is 1. The molecular weight excluding hydrogens is 497 g/mol. The maximum Gasteiger partial charge on any atom is 0.191 e. The number of aromatic nitrogens is 1. The standard InChI is InChI=1S/C21H35N5O3.HI/c1-17-15-26(9-12-28-17)20-7-6-18(13-24-20)14-25-21(22-2)23-8-4-10-27-16-19-5-3-11-29-19;/h6-7,13,17,19H,3-5,8-12,14-16H2,1-2H3,(H2,22,23,25);1H. The van der Waals surface area contributed by atoms with E-state index in [-0.39, 0.29) is 30.1 Å². The highest BCUT2D eigenvalue weighted by Crippen LogP contribution is 2.15. The van der Waals surface area contributed by atoms with Crippen LogP contribution in [0, 0.1) is 0 Å². The molecule has 0 amide bonds. The van der Waals surface area contributed by atoms with Gasteiger partial charge in [0.2, 0.25) is 0 Å². The van der Waals surface area contributed by atoms with Crippen molar-refractivity contribution in [2.45, 2.75) is 44.9 Å². The van der Waals surface area contributed by atoms with Gasteiger partial charge in [0.15, 0.2) is 5.96 Å². The minimum Gasteiger partial charge on any atom is -0.379 e. The van der Waals surface area contributed by atoms with Crippen molar-refractivity contribution in [1.82, 2.24) is 15.6 Å². The van der Waals surface area contributed by atoms with E-state index in [1.165, 1.54) is 0 Å². The van der Waals surface area contributed by atoms with E-state index in [9.17, 15) is 0 Å². The lowest BCUT2D eigenvalue weighted by molar-refractivity contribution is 0.0168. The summed E-state index contributed by atoms with van der Waals surface area (Å²) < 4.78 is 16.8. The predicted molar refractivity (Wildman–Crippen MR) is 130 cm³/mol. The molecule has 2 aliphatic rings. The van der Waals surface area contributed by atoms with Crippen molar-refractivity contribution in [2.75, 3.05) is 58.0 Å². The molecule has 8 nitrogen and oxygen atoms in total. The summed E-state index contributed by atoms with van der Waals surface area (Å²) in [5.41, 5.74) is 1.12. The summed E-state index contributed by atoms with van der Waals surface area (Å²) in [5.74, 6) is 1.80. The largest absolute Gasteiger partial charge is 0.379 e. The van der Waals surface area contributed by atoms with Crippen molar-refractivity contribution < 1.29 is 14.2 Å². The number of ether oxygens (including phenoxy) is 3. The minimum atomic E-state index is 0. The molecule has 0 saturated carbocycles. The molecule has 30 heavy (non-hydrogen) atoms. The molecule has 170 valence electrons. The number of pyridine rings is 1. The van der Waals surface area contributed by atoms with E-state index in [0.29, 0.717) is 19.3 Å². The first-order valence-corrected chi connectivity index (χ1v) is 10.7. The average Bonchev–Trinajstić information content (AvgIpc) is 3.26. The topological polar surface area (TPSA) is 80.2 Å². The molecule has 3 rings (SSSR count). The van der Waals surface area contributed by atoms with Gasteiger partial charge in [-0.1, -0.05) is 6.07 Å². The van der Waals surface area contributed by atoms with Crippen LogP contribution in [0.2, 0.25) is 0 Å². The van der Waals surface area contributed by atoms with Gasteiger partial charge in [0.25, 0.3) is 0 Å². The van der Waals surface area contributed by atoms with Gasteiger partial charge in [-0.3, -0.25) is 4.99 Å². The second kappa shape index (κ2) is 14.0. The van der Waals surface area contributed by atoms with Crippen LogP contribution in [0.15, 0.2) is 23.3 Å². The highest BCUT2D eigenvalue weighted by molar-refractivity contribution is 14.0. The highest BCUT2D eigenvalue weighted by atomic mass is 127. The number of hydrogen-bond acceptors (Lipinski definition) is 6. The van der Waals surface area contributed by atoms with Crippen LogP contribution in [0.25, 0.3) is 0 Å². The van der Waals surface area contributed by atoms with E-state index in [4.69, 9.17) is 14.2 Å². The molecule has 9 heteroatoms. The van der Waals surface area contributed by atoms with Crippen molar-refractivity contribution in [3.8, 4) is 0 Å². The second-order valence-electron chi connectivity index (χ2n) is 7.57. The molecule has 0 radical (unpaired) electrons. The van der Waals surface area contributed by atoms with E-state index < -0.39 is 0 Å². The Labute approximate surface area is 197 Å². The first-order valence-electron chi connectivity index (χ1n) is 10.7. The SMILES string of the molecule is CN=C(NCCCOCC1CCCO1)NCc1ccc(N2CCOC(C)C2)nc1.I. The molecule has 3 heterocycles. The van der Waals surface area contributed by atoms with Crippen LogP contribution in [0.1, 0.15) is 31.7 Å². The molecule has 1 aromatic heterocycles. The van der Waals surface area contributed by atoms with Crippen LogP contribution in [0.4, 0.5) is 5.82 Å². The Hall–Kier alpha value is -1.17. The molecule has 0 bridgehead atoms. The van der Waals surface area contributed by atoms with Gasteiger partial charge in [-0.15, -0.1) is 24.0 Å². The Morgan fingerprint density at radius 2 is 2.20 bits per heavy atom. The van der Waals surface area contributed by atoms with E-state index in [1.54, 1.807) is 7.05 Å². The zero-order valence-electron chi connectivity index (χ0n) is 18.1. The van der Waals surface area contributed by atoms with Crippen LogP contribution in [0.5, 0.6) is 0 Å². The number of aliphatic imine (C=N–C) groups is 1. The highest BCUT2D eigenvalue weighted by Gasteiger charge is 2.17. The van der Waals surface area contributed by atoms with E-state index in [1.807, 2.05) is 6.20 Å². The fraction of sp³-hybridized carbons (Fsp3) is 0.714. The quantitative estimate of drug-likeness (QED) is 0.218. The minimum absolute atomic E-state index is 0. The molecule has 0 aliphatic carbocycles. The summed E-state index contributed by atoms with van der Waals surface area (Å²) in [6, 6.07) is 4.19. The fourth-order valence-electron chi connectivity index (χ4n) is 3.51. The zero-order chi connectivity index (χ0) is 20.3. The molecule has 2 N–H and O–H groups in total. The molecule has 0 aromatic carbocycles. The third-order valence-corrected chi connectivity index (χ3v) is 5.14. The molecule has 2 unspecified atom stereocenters. The van der Waals surface area contributed by atoms with Gasteiger partial charge < -0.3 is 29.7 Å². The van der Waals surface area contributed by atoms with Crippen LogP contribution in [-0.4, -0.2) is 76.3 Å². The Balaban J connectivity index is 0.00000320. The molecule has 1 aromatic rings. The Morgan fingerprint density at radius 1 is 1.30 bits per heavy atom. The van der Waals surface area contributed by atoms with E-state index in [2.05, 4.69) is 44.6 Å². The van der Waals surface area contributed by atoms with Crippen molar-refractivity contribution >= 4 is 35.8 Å². The summed E-state index contributed by atoms with van der Waals surface area (Å²) in [5, 5.41) is 6.65. The molecule has 2 fully saturated rings. The first-order chi connectivity index (χ1) is 14.2. The average molecular weight is 533 g/mol.